The highest BCUT2D eigenvalue weighted by Gasteiger charge is 2.26. The van der Waals surface area contributed by atoms with Gasteiger partial charge in [-0.15, -0.1) is 0 Å². The Balaban J connectivity index is 2.05. The van der Waals surface area contributed by atoms with Gasteiger partial charge in [-0.2, -0.15) is 0 Å². The second-order valence-corrected chi connectivity index (χ2v) is 5.00. The first kappa shape index (κ1) is 11.4. The summed E-state index contributed by atoms with van der Waals surface area (Å²) in [5.74, 6) is 1.22. The van der Waals surface area contributed by atoms with Crippen LogP contribution in [0, 0.1) is 17.7 Å². The molecule has 2 unspecified atom stereocenters. The molecule has 0 aliphatic carbocycles. The molecule has 2 N–H and O–H groups in total. The average Bonchev–Trinajstić information content (AvgIpc) is 2.51. The largest absolute Gasteiger partial charge is 0.399 e. The summed E-state index contributed by atoms with van der Waals surface area (Å²) in [5, 5.41) is 0. The standard InChI is InChI=1S/C13H19FN2/c1-9-6-16(7-10(9)2)8-11-3-4-12(15)5-13(11)14/h3-5,9-10H,6-8,15H2,1-2H3. The first-order valence-corrected chi connectivity index (χ1v) is 5.82. The van der Waals surface area contributed by atoms with Crippen LogP contribution in [0.2, 0.25) is 0 Å². The van der Waals surface area contributed by atoms with Gasteiger partial charge in [0.25, 0.3) is 0 Å². The molecule has 1 heterocycles. The number of hydrogen-bond donors (Lipinski definition) is 1. The Labute approximate surface area is 96.2 Å². The molecular formula is C13H19FN2. The molecule has 0 radical (unpaired) electrons. The maximum absolute atomic E-state index is 13.6. The zero-order chi connectivity index (χ0) is 11.7. The first-order valence-electron chi connectivity index (χ1n) is 5.82. The molecule has 3 heteroatoms. The van der Waals surface area contributed by atoms with E-state index in [1.54, 1.807) is 12.1 Å². The Bertz CT molecular complexity index is 368. The third-order valence-electron chi connectivity index (χ3n) is 3.53. The summed E-state index contributed by atoms with van der Waals surface area (Å²) in [6.07, 6.45) is 0. The molecule has 0 amide bonds. The van der Waals surface area contributed by atoms with E-state index in [9.17, 15) is 4.39 Å². The number of nitrogens with zero attached hydrogens (tertiary/aromatic N) is 1. The molecule has 2 nitrogen and oxygen atoms in total. The van der Waals surface area contributed by atoms with Crippen LogP contribution in [0.25, 0.3) is 0 Å². The molecule has 1 aliphatic heterocycles. The van der Waals surface area contributed by atoms with Gasteiger partial charge < -0.3 is 5.73 Å². The summed E-state index contributed by atoms with van der Waals surface area (Å²) < 4.78 is 13.6. The van der Waals surface area contributed by atoms with Crippen molar-refractivity contribution < 1.29 is 4.39 Å². The normalized spacial score (nSPS) is 26.2. The summed E-state index contributed by atoms with van der Waals surface area (Å²) in [6.45, 7) is 7.32. The van der Waals surface area contributed by atoms with E-state index in [0.717, 1.165) is 18.7 Å². The molecule has 0 spiro atoms. The fourth-order valence-electron chi connectivity index (χ4n) is 2.31. The minimum atomic E-state index is -0.188. The van der Waals surface area contributed by atoms with Crippen molar-refractivity contribution >= 4 is 5.69 Å². The molecule has 0 aromatic heterocycles. The maximum Gasteiger partial charge on any atom is 0.129 e. The number of likely N-dealkylation sites (tertiary alicyclic amines) is 1. The fourth-order valence-corrected chi connectivity index (χ4v) is 2.31. The average molecular weight is 222 g/mol. The van der Waals surface area contributed by atoms with Crippen LogP contribution in [0.15, 0.2) is 18.2 Å². The summed E-state index contributed by atoms with van der Waals surface area (Å²) in [4.78, 5) is 2.31. The number of anilines is 1. The van der Waals surface area contributed by atoms with Gasteiger partial charge in [-0.25, -0.2) is 4.39 Å². The number of hydrogen-bond acceptors (Lipinski definition) is 2. The first-order chi connectivity index (χ1) is 7.56. The molecule has 1 saturated heterocycles. The lowest BCUT2D eigenvalue weighted by Crippen LogP contribution is -2.20. The molecule has 88 valence electrons. The topological polar surface area (TPSA) is 29.3 Å². The van der Waals surface area contributed by atoms with Crippen molar-refractivity contribution in [2.45, 2.75) is 20.4 Å². The van der Waals surface area contributed by atoms with E-state index < -0.39 is 0 Å². The number of benzene rings is 1. The Kier molecular flexibility index (Phi) is 3.15. The van der Waals surface area contributed by atoms with Gasteiger partial charge in [-0.3, -0.25) is 4.90 Å². The van der Waals surface area contributed by atoms with Crippen molar-refractivity contribution in [2.75, 3.05) is 18.8 Å². The monoisotopic (exact) mass is 222 g/mol. The number of nitrogen functional groups attached to an aromatic ring is 1. The minimum absolute atomic E-state index is 0.188. The van der Waals surface area contributed by atoms with E-state index in [4.69, 9.17) is 5.73 Å². The van der Waals surface area contributed by atoms with Crippen LogP contribution in [0.1, 0.15) is 19.4 Å². The second kappa shape index (κ2) is 4.42. The van der Waals surface area contributed by atoms with E-state index >= 15 is 0 Å². The number of halogens is 1. The van der Waals surface area contributed by atoms with Crippen molar-refractivity contribution in [1.29, 1.82) is 0 Å². The molecule has 2 rings (SSSR count). The quantitative estimate of drug-likeness (QED) is 0.779. The van der Waals surface area contributed by atoms with E-state index in [1.165, 1.54) is 6.07 Å². The van der Waals surface area contributed by atoms with Gasteiger partial charge in [-0.05, 0) is 24.0 Å². The molecule has 1 aromatic carbocycles. The molecule has 1 aliphatic rings. The molecular weight excluding hydrogens is 203 g/mol. The zero-order valence-corrected chi connectivity index (χ0v) is 9.91. The van der Waals surface area contributed by atoms with Crippen molar-refractivity contribution in [2.24, 2.45) is 11.8 Å². The summed E-state index contributed by atoms with van der Waals surface area (Å²) in [5.41, 5.74) is 6.76. The molecule has 2 atom stereocenters. The lowest BCUT2D eigenvalue weighted by Gasteiger charge is -2.16. The third kappa shape index (κ3) is 2.35. The van der Waals surface area contributed by atoms with Crippen LogP contribution in [-0.4, -0.2) is 18.0 Å². The van der Waals surface area contributed by atoms with Crippen molar-refractivity contribution in [1.82, 2.24) is 4.90 Å². The van der Waals surface area contributed by atoms with Crippen molar-refractivity contribution in [3.05, 3.63) is 29.6 Å². The number of nitrogens with two attached hydrogens (primary N) is 1. The molecule has 1 aromatic rings. The predicted molar refractivity (Wildman–Crippen MR) is 64.4 cm³/mol. The van der Waals surface area contributed by atoms with Gasteiger partial charge in [0.2, 0.25) is 0 Å². The molecule has 16 heavy (non-hydrogen) atoms. The van der Waals surface area contributed by atoms with Crippen LogP contribution < -0.4 is 5.73 Å². The highest BCUT2D eigenvalue weighted by molar-refractivity contribution is 5.40. The van der Waals surface area contributed by atoms with Crippen LogP contribution in [-0.2, 0) is 6.54 Å². The molecule has 1 fully saturated rings. The highest BCUT2D eigenvalue weighted by Crippen LogP contribution is 2.24. The van der Waals surface area contributed by atoms with Crippen molar-refractivity contribution in [3.63, 3.8) is 0 Å². The molecule has 0 bridgehead atoms. The SMILES string of the molecule is CC1CN(Cc2ccc(N)cc2F)CC1C. The van der Waals surface area contributed by atoms with E-state index in [0.29, 0.717) is 24.1 Å². The summed E-state index contributed by atoms with van der Waals surface area (Å²) in [6, 6.07) is 4.96. The van der Waals surface area contributed by atoms with E-state index in [2.05, 4.69) is 18.7 Å². The minimum Gasteiger partial charge on any atom is -0.399 e. The summed E-state index contributed by atoms with van der Waals surface area (Å²) >= 11 is 0. The van der Waals surface area contributed by atoms with Gasteiger partial charge in [0.05, 0.1) is 0 Å². The van der Waals surface area contributed by atoms with Gasteiger partial charge in [0.15, 0.2) is 0 Å². The van der Waals surface area contributed by atoms with E-state index in [-0.39, 0.29) is 5.82 Å². The Morgan fingerprint density at radius 1 is 1.31 bits per heavy atom. The maximum atomic E-state index is 13.6. The highest BCUT2D eigenvalue weighted by atomic mass is 19.1. The fraction of sp³-hybridized carbons (Fsp3) is 0.538. The smallest absolute Gasteiger partial charge is 0.129 e. The van der Waals surface area contributed by atoms with E-state index in [1.807, 2.05) is 0 Å². The third-order valence-corrected chi connectivity index (χ3v) is 3.53. The Morgan fingerprint density at radius 2 is 1.94 bits per heavy atom. The number of rotatable bonds is 2. The summed E-state index contributed by atoms with van der Waals surface area (Å²) in [7, 11) is 0. The Hall–Kier alpha value is -1.09. The lowest BCUT2D eigenvalue weighted by molar-refractivity contribution is 0.311. The van der Waals surface area contributed by atoms with Crippen LogP contribution in [0.3, 0.4) is 0 Å². The van der Waals surface area contributed by atoms with Crippen LogP contribution in [0.4, 0.5) is 10.1 Å². The van der Waals surface area contributed by atoms with Gasteiger partial charge in [0, 0.05) is 30.9 Å². The van der Waals surface area contributed by atoms with Gasteiger partial charge in [-0.1, -0.05) is 19.9 Å². The van der Waals surface area contributed by atoms with Gasteiger partial charge >= 0.3 is 0 Å². The van der Waals surface area contributed by atoms with Crippen LogP contribution in [0.5, 0.6) is 0 Å². The van der Waals surface area contributed by atoms with Crippen LogP contribution >= 0.6 is 0 Å². The Morgan fingerprint density at radius 3 is 2.50 bits per heavy atom. The van der Waals surface area contributed by atoms with Crippen molar-refractivity contribution in [3.8, 4) is 0 Å². The zero-order valence-electron chi connectivity index (χ0n) is 9.91. The van der Waals surface area contributed by atoms with Gasteiger partial charge in [0.1, 0.15) is 5.82 Å². The predicted octanol–water partition coefficient (Wildman–Crippen LogP) is 2.50. The lowest BCUT2D eigenvalue weighted by atomic mass is 10.0. The second-order valence-electron chi connectivity index (χ2n) is 5.00. The molecule has 0 saturated carbocycles.